The van der Waals surface area contributed by atoms with Crippen molar-refractivity contribution in [3.05, 3.63) is 0 Å². The van der Waals surface area contributed by atoms with Crippen LogP contribution in [0.2, 0.25) is 6.32 Å². The molecule has 1 saturated heterocycles. The molecule has 1 saturated carbocycles. The van der Waals surface area contributed by atoms with E-state index in [1.165, 1.54) is 0 Å². The van der Waals surface area contributed by atoms with E-state index >= 15 is 0 Å². The molecule has 0 amide bonds. The highest BCUT2D eigenvalue weighted by Crippen LogP contribution is 2.41. The number of alkyl halides is 3. The lowest BCUT2D eigenvalue weighted by atomic mass is 9.78. The van der Waals surface area contributed by atoms with Gasteiger partial charge in [0, 0.05) is 25.0 Å². The van der Waals surface area contributed by atoms with Gasteiger partial charge in [-0.2, -0.15) is 25.9 Å². The standard InChI is InChI=1S/C12H22BF3N4O6S/c14-12(15,16)20(9-4-8(9)17)27(25,26)19-5-7(2-1-3-13(23)24)11(18,6-19)10(21)22/h7-9,23-24H,1-6,17-18H2,(H,21,22)/t7-,8?,9?,11-/m0/s1. The second-order valence-electron chi connectivity index (χ2n) is 6.98. The number of hydrogen-bond acceptors (Lipinski definition) is 7. The van der Waals surface area contributed by atoms with Crippen molar-refractivity contribution in [2.45, 2.75) is 49.5 Å². The molecule has 7 N–H and O–H groups in total. The summed E-state index contributed by atoms with van der Waals surface area (Å²) in [7, 11) is -6.73. The van der Waals surface area contributed by atoms with Gasteiger partial charge in [-0.25, -0.2) is 0 Å². The van der Waals surface area contributed by atoms with E-state index in [1.807, 2.05) is 0 Å². The van der Waals surface area contributed by atoms with Crippen molar-refractivity contribution in [1.82, 2.24) is 8.61 Å². The highest BCUT2D eigenvalue weighted by Gasteiger charge is 2.61. The van der Waals surface area contributed by atoms with Crippen molar-refractivity contribution in [2.24, 2.45) is 17.4 Å². The molecule has 0 spiro atoms. The summed E-state index contributed by atoms with van der Waals surface area (Å²) >= 11 is 0. The molecule has 2 rings (SSSR count). The van der Waals surface area contributed by atoms with Crippen LogP contribution in [-0.4, -0.2) is 82.3 Å². The number of halogens is 3. The molecule has 0 bridgehead atoms. The van der Waals surface area contributed by atoms with Gasteiger partial charge in [0.1, 0.15) is 5.54 Å². The molecule has 2 aliphatic rings. The molecule has 2 fully saturated rings. The fourth-order valence-electron chi connectivity index (χ4n) is 3.29. The quantitative estimate of drug-likeness (QED) is 0.225. The Labute approximate surface area is 154 Å². The molecule has 0 aromatic carbocycles. The maximum atomic E-state index is 13.3. The Morgan fingerprint density at radius 1 is 1.37 bits per heavy atom. The first-order chi connectivity index (χ1) is 12.2. The molecule has 4 atom stereocenters. The molecule has 2 unspecified atom stereocenters. The molecular weight excluding hydrogens is 396 g/mol. The van der Waals surface area contributed by atoms with E-state index < -0.39 is 70.5 Å². The number of carbonyl (C=O) groups is 1. The van der Waals surface area contributed by atoms with Gasteiger partial charge in [-0.05, 0) is 19.2 Å². The summed E-state index contributed by atoms with van der Waals surface area (Å²) in [5.74, 6) is -2.54. The Balaban J connectivity index is 2.25. The fraction of sp³-hybridized carbons (Fsp3) is 0.917. The van der Waals surface area contributed by atoms with Gasteiger partial charge >= 0.3 is 19.4 Å². The molecule has 0 aromatic rings. The molecule has 27 heavy (non-hydrogen) atoms. The Morgan fingerprint density at radius 2 is 1.93 bits per heavy atom. The first-order valence-electron chi connectivity index (χ1n) is 8.21. The number of carboxylic acid groups (broad SMARTS) is 1. The zero-order valence-electron chi connectivity index (χ0n) is 14.2. The molecule has 156 valence electrons. The van der Waals surface area contributed by atoms with Gasteiger partial charge in [0.05, 0.1) is 6.04 Å². The van der Waals surface area contributed by atoms with Crippen molar-refractivity contribution in [2.75, 3.05) is 13.1 Å². The number of nitrogens with zero attached hydrogens (tertiary/aromatic N) is 2. The average molecular weight is 418 g/mol. The van der Waals surface area contributed by atoms with Crippen molar-refractivity contribution >= 4 is 23.3 Å². The molecule has 1 heterocycles. The van der Waals surface area contributed by atoms with Crippen LogP contribution in [0.5, 0.6) is 0 Å². The maximum Gasteiger partial charge on any atom is 0.474 e. The monoisotopic (exact) mass is 418 g/mol. The predicted molar refractivity (Wildman–Crippen MR) is 87.0 cm³/mol. The first-order valence-corrected chi connectivity index (χ1v) is 9.61. The minimum absolute atomic E-state index is 0.00139. The molecule has 10 nitrogen and oxygen atoms in total. The van der Waals surface area contributed by atoms with Gasteiger partial charge in [0.25, 0.3) is 10.2 Å². The van der Waals surface area contributed by atoms with Crippen molar-refractivity contribution in [3.8, 4) is 0 Å². The van der Waals surface area contributed by atoms with Crippen LogP contribution in [0.4, 0.5) is 13.2 Å². The minimum Gasteiger partial charge on any atom is -0.480 e. The second kappa shape index (κ2) is 7.46. The number of nitrogens with two attached hydrogens (primary N) is 2. The summed E-state index contributed by atoms with van der Waals surface area (Å²) in [5, 5.41) is 27.1. The number of carboxylic acids is 1. The van der Waals surface area contributed by atoms with Crippen molar-refractivity contribution in [3.63, 3.8) is 0 Å². The molecular formula is C12H22BF3N4O6S. The average Bonchev–Trinajstić information content (AvgIpc) is 3.05. The maximum absolute atomic E-state index is 13.3. The highest BCUT2D eigenvalue weighted by molar-refractivity contribution is 7.86. The summed E-state index contributed by atoms with van der Waals surface area (Å²) in [6, 6.07) is -2.39. The number of aliphatic carboxylic acids is 1. The Kier molecular flexibility index (Phi) is 6.17. The lowest BCUT2D eigenvalue weighted by Gasteiger charge is -2.29. The van der Waals surface area contributed by atoms with Gasteiger partial charge < -0.3 is 26.6 Å². The lowest BCUT2D eigenvalue weighted by Crippen LogP contribution is -2.56. The minimum atomic E-state index is -5.21. The third-order valence-corrected chi connectivity index (χ3v) is 6.84. The summed E-state index contributed by atoms with van der Waals surface area (Å²) in [5.41, 5.74) is 9.13. The van der Waals surface area contributed by atoms with E-state index in [0.29, 0.717) is 4.31 Å². The van der Waals surface area contributed by atoms with Gasteiger partial charge in [0.15, 0.2) is 0 Å². The van der Waals surface area contributed by atoms with Crippen LogP contribution in [0.1, 0.15) is 19.3 Å². The second-order valence-corrected chi connectivity index (χ2v) is 8.79. The SMILES string of the molecule is NC1CC1N(C(F)(F)F)S(=O)(=O)N1C[C@H](CCCB(O)O)[C@](N)(C(=O)O)C1. The van der Waals surface area contributed by atoms with Gasteiger partial charge in [-0.1, -0.05) is 10.7 Å². The topological polar surface area (TPSA) is 170 Å². The lowest BCUT2D eigenvalue weighted by molar-refractivity contribution is -0.214. The van der Waals surface area contributed by atoms with E-state index in [-0.39, 0.29) is 25.6 Å². The summed E-state index contributed by atoms with van der Waals surface area (Å²) in [6.07, 6.45) is -5.36. The van der Waals surface area contributed by atoms with E-state index in [2.05, 4.69) is 0 Å². The highest BCUT2D eigenvalue weighted by atomic mass is 32.2. The van der Waals surface area contributed by atoms with Crippen LogP contribution < -0.4 is 11.5 Å². The van der Waals surface area contributed by atoms with Crippen LogP contribution >= 0.6 is 0 Å². The van der Waals surface area contributed by atoms with Crippen LogP contribution in [0.3, 0.4) is 0 Å². The third kappa shape index (κ3) is 4.55. The predicted octanol–water partition coefficient (Wildman–Crippen LogP) is -1.88. The molecule has 1 aliphatic carbocycles. The smallest absolute Gasteiger partial charge is 0.474 e. The largest absolute Gasteiger partial charge is 0.480 e. The number of rotatable bonds is 8. The van der Waals surface area contributed by atoms with Crippen LogP contribution in [0.15, 0.2) is 0 Å². The number of hydrogen-bond donors (Lipinski definition) is 5. The molecule has 0 radical (unpaired) electrons. The molecule has 15 heteroatoms. The van der Waals surface area contributed by atoms with Gasteiger partial charge in [-0.3, -0.25) is 4.79 Å². The van der Waals surface area contributed by atoms with Gasteiger partial charge in [-0.15, -0.1) is 0 Å². The van der Waals surface area contributed by atoms with E-state index in [1.54, 1.807) is 0 Å². The van der Waals surface area contributed by atoms with Crippen LogP contribution in [-0.2, 0) is 15.0 Å². The zero-order chi connectivity index (χ0) is 20.8. The van der Waals surface area contributed by atoms with Crippen LogP contribution in [0.25, 0.3) is 0 Å². The zero-order valence-corrected chi connectivity index (χ0v) is 15.0. The van der Waals surface area contributed by atoms with Crippen molar-refractivity contribution < 1.29 is 41.5 Å². The van der Waals surface area contributed by atoms with E-state index in [4.69, 9.17) is 21.5 Å². The fourth-order valence-corrected chi connectivity index (χ4v) is 5.13. The van der Waals surface area contributed by atoms with Crippen LogP contribution in [0, 0.1) is 5.92 Å². The molecule has 0 aromatic heterocycles. The Morgan fingerprint density at radius 3 is 2.33 bits per heavy atom. The summed E-state index contributed by atoms with van der Waals surface area (Å²) in [4.78, 5) is 11.6. The van der Waals surface area contributed by atoms with Gasteiger partial charge in [0.2, 0.25) is 0 Å². The van der Waals surface area contributed by atoms with Crippen molar-refractivity contribution in [1.29, 1.82) is 0 Å². The molecule has 1 aliphatic heterocycles. The Hall–Kier alpha value is -0.965. The first kappa shape index (κ1) is 22.3. The van der Waals surface area contributed by atoms with E-state index in [0.717, 1.165) is 0 Å². The summed E-state index contributed by atoms with van der Waals surface area (Å²) < 4.78 is 65.0. The van der Waals surface area contributed by atoms with E-state index in [9.17, 15) is 31.5 Å². The summed E-state index contributed by atoms with van der Waals surface area (Å²) in [6.45, 7) is -1.35. The normalized spacial score (nSPS) is 32.1. The third-order valence-electron chi connectivity index (χ3n) is 4.93. The Bertz CT molecular complexity index is 681.